The number of fused-ring (bicyclic) bond motifs is 1. The van der Waals surface area contributed by atoms with E-state index in [9.17, 15) is 4.79 Å². The van der Waals surface area contributed by atoms with E-state index in [1.165, 1.54) is 16.1 Å². The zero-order valence-electron chi connectivity index (χ0n) is 16.2. The number of likely N-dealkylation sites (tertiary alicyclic amines) is 1. The highest BCUT2D eigenvalue weighted by atomic mass is 32.1. The number of carbonyl (C=O) groups is 1. The first kappa shape index (κ1) is 19.3. The van der Waals surface area contributed by atoms with Gasteiger partial charge in [-0.05, 0) is 57.2 Å². The Morgan fingerprint density at radius 2 is 2.12 bits per heavy atom. The number of piperidine rings is 1. The van der Waals surface area contributed by atoms with Gasteiger partial charge in [-0.1, -0.05) is 26.0 Å². The number of nitrogens with zero attached hydrogens (tertiary/aromatic N) is 2. The molecule has 1 aliphatic rings. The molecular weight excluding hydrogens is 342 g/mol. The van der Waals surface area contributed by atoms with Gasteiger partial charge in [-0.3, -0.25) is 9.69 Å². The number of rotatable bonds is 7. The first-order valence-corrected chi connectivity index (χ1v) is 10.7. The van der Waals surface area contributed by atoms with E-state index in [2.05, 4.69) is 49.2 Å². The van der Waals surface area contributed by atoms with Crippen molar-refractivity contribution >= 4 is 27.5 Å². The highest BCUT2D eigenvalue weighted by molar-refractivity contribution is 7.18. The van der Waals surface area contributed by atoms with Crippen LogP contribution in [0.2, 0.25) is 0 Å². The fourth-order valence-corrected chi connectivity index (χ4v) is 4.74. The van der Waals surface area contributed by atoms with E-state index in [1.54, 1.807) is 11.3 Å². The minimum Gasteiger partial charge on any atom is -0.353 e. The third-order valence-corrected chi connectivity index (χ3v) is 6.32. The largest absolute Gasteiger partial charge is 0.353 e. The van der Waals surface area contributed by atoms with Crippen LogP contribution in [0.4, 0.5) is 0 Å². The molecule has 2 heterocycles. The van der Waals surface area contributed by atoms with E-state index in [-0.39, 0.29) is 11.9 Å². The minimum atomic E-state index is 0.159. The molecule has 3 rings (SSSR count). The van der Waals surface area contributed by atoms with Gasteiger partial charge in [0.25, 0.3) is 0 Å². The van der Waals surface area contributed by atoms with Crippen LogP contribution in [0.5, 0.6) is 0 Å². The number of carbonyl (C=O) groups excluding carboxylic acids is 1. The van der Waals surface area contributed by atoms with Crippen LogP contribution >= 0.6 is 11.3 Å². The van der Waals surface area contributed by atoms with Gasteiger partial charge in [0.1, 0.15) is 0 Å². The van der Waals surface area contributed by atoms with Crippen molar-refractivity contribution < 1.29 is 4.79 Å². The van der Waals surface area contributed by atoms with Crippen LogP contribution in [0.15, 0.2) is 24.3 Å². The summed E-state index contributed by atoms with van der Waals surface area (Å²) in [6.07, 6.45) is 4.52. The number of thiazole rings is 1. The number of hydrogen-bond donors (Lipinski definition) is 1. The molecule has 142 valence electrons. The Kier molecular flexibility index (Phi) is 6.65. The van der Waals surface area contributed by atoms with E-state index < -0.39 is 0 Å². The Labute approximate surface area is 161 Å². The molecule has 0 aliphatic carbocycles. The maximum atomic E-state index is 12.4. The third kappa shape index (κ3) is 5.27. The predicted octanol–water partition coefficient (Wildman–Crippen LogP) is 4.42. The lowest BCUT2D eigenvalue weighted by Crippen LogP contribution is -2.44. The molecule has 1 saturated heterocycles. The zero-order chi connectivity index (χ0) is 18.5. The molecule has 2 aromatic rings. The molecular formula is C21H31N3OS. The second-order valence-electron chi connectivity index (χ2n) is 8.03. The molecule has 1 aromatic heterocycles. The summed E-state index contributed by atoms with van der Waals surface area (Å²) in [4.78, 5) is 19.5. The summed E-state index contributed by atoms with van der Waals surface area (Å²) in [5, 5.41) is 4.39. The highest BCUT2D eigenvalue weighted by Crippen LogP contribution is 2.32. The average molecular weight is 374 g/mol. The van der Waals surface area contributed by atoms with E-state index in [0.717, 1.165) is 37.9 Å². The summed E-state index contributed by atoms with van der Waals surface area (Å²) >= 11 is 1.81. The number of amides is 1. The summed E-state index contributed by atoms with van der Waals surface area (Å²) in [6, 6.07) is 8.60. The van der Waals surface area contributed by atoms with Gasteiger partial charge in [-0.2, -0.15) is 0 Å². The molecule has 1 N–H and O–H groups in total. The van der Waals surface area contributed by atoms with Crippen LogP contribution in [-0.2, 0) is 4.79 Å². The molecule has 1 amide bonds. The van der Waals surface area contributed by atoms with Crippen molar-refractivity contribution in [1.29, 1.82) is 0 Å². The van der Waals surface area contributed by atoms with E-state index in [0.29, 0.717) is 18.4 Å². The number of benzene rings is 1. The molecule has 5 heteroatoms. The maximum Gasteiger partial charge on any atom is 0.234 e. The van der Waals surface area contributed by atoms with Gasteiger partial charge in [0.2, 0.25) is 5.91 Å². The summed E-state index contributed by atoms with van der Waals surface area (Å²) in [5.41, 5.74) is 1.10. The molecule has 4 nitrogen and oxygen atoms in total. The van der Waals surface area contributed by atoms with Crippen LogP contribution in [0.1, 0.15) is 57.4 Å². The van der Waals surface area contributed by atoms with Crippen LogP contribution in [0.3, 0.4) is 0 Å². The van der Waals surface area contributed by atoms with Crippen LogP contribution in [0.25, 0.3) is 10.2 Å². The quantitative estimate of drug-likeness (QED) is 0.781. The molecule has 0 bridgehead atoms. The van der Waals surface area contributed by atoms with Crippen molar-refractivity contribution in [3.63, 3.8) is 0 Å². The molecule has 1 aromatic carbocycles. The third-order valence-electron chi connectivity index (χ3n) is 5.12. The van der Waals surface area contributed by atoms with E-state index in [1.807, 2.05) is 6.07 Å². The molecule has 0 unspecified atom stereocenters. The lowest BCUT2D eigenvalue weighted by Gasteiger charge is -2.31. The second-order valence-corrected chi connectivity index (χ2v) is 9.10. The standard InChI is InChI=1S/C21H31N3OS/c1-15(2)10-11-16(3)22-20(25)14-24-12-6-7-17(13-24)21-23-18-8-4-5-9-19(18)26-21/h4-5,8-9,15-17H,6-7,10-14H2,1-3H3,(H,22,25)/t16-,17+/m1/s1. The predicted molar refractivity (Wildman–Crippen MR) is 110 cm³/mol. The van der Waals surface area contributed by atoms with E-state index in [4.69, 9.17) is 4.98 Å². The van der Waals surface area contributed by atoms with Crippen molar-refractivity contribution in [2.45, 2.75) is 58.4 Å². The smallest absolute Gasteiger partial charge is 0.234 e. The Bertz CT molecular complexity index is 694. The van der Waals surface area contributed by atoms with Gasteiger partial charge in [0, 0.05) is 18.5 Å². The molecule has 0 spiro atoms. The van der Waals surface area contributed by atoms with Crippen LogP contribution < -0.4 is 5.32 Å². The maximum absolute atomic E-state index is 12.4. The second kappa shape index (κ2) is 8.96. The molecule has 0 saturated carbocycles. The van der Waals surface area contributed by atoms with Gasteiger partial charge >= 0.3 is 0 Å². The van der Waals surface area contributed by atoms with Crippen molar-refractivity contribution in [1.82, 2.24) is 15.2 Å². The van der Waals surface area contributed by atoms with E-state index >= 15 is 0 Å². The van der Waals surface area contributed by atoms with Crippen LogP contribution in [-0.4, -0.2) is 41.5 Å². The topological polar surface area (TPSA) is 45.2 Å². The first-order chi connectivity index (χ1) is 12.5. The lowest BCUT2D eigenvalue weighted by atomic mass is 9.98. The first-order valence-electron chi connectivity index (χ1n) is 9.88. The van der Waals surface area contributed by atoms with Crippen molar-refractivity contribution in [3.05, 3.63) is 29.3 Å². The monoisotopic (exact) mass is 373 g/mol. The Balaban J connectivity index is 1.52. The van der Waals surface area contributed by atoms with Crippen molar-refractivity contribution in [3.8, 4) is 0 Å². The Hall–Kier alpha value is -1.46. The summed E-state index contributed by atoms with van der Waals surface area (Å²) < 4.78 is 1.26. The Morgan fingerprint density at radius 1 is 1.31 bits per heavy atom. The fourth-order valence-electron chi connectivity index (χ4n) is 3.64. The van der Waals surface area contributed by atoms with Gasteiger partial charge in [-0.15, -0.1) is 11.3 Å². The van der Waals surface area contributed by atoms with Crippen molar-refractivity contribution in [2.75, 3.05) is 19.6 Å². The zero-order valence-corrected chi connectivity index (χ0v) is 17.0. The summed E-state index contributed by atoms with van der Waals surface area (Å²) in [5.74, 6) is 1.30. The molecule has 26 heavy (non-hydrogen) atoms. The SMILES string of the molecule is CC(C)CC[C@@H](C)NC(=O)CN1CCC[C@H](c2nc3ccccc3s2)C1. The van der Waals surface area contributed by atoms with Gasteiger partial charge in [0.15, 0.2) is 0 Å². The molecule has 1 fully saturated rings. The van der Waals surface area contributed by atoms with Gasteiger partial charge in [-0.25, -0.2) is 4.98 Å². The van der Waals surface area contributed by atoms with Crippen LogP contribution in [0, 0.1) is 5.92 Å². The Morgan fingerprint density at radius 3 is 2.88 bits per heavy atom. The number of nitrogens with one attached hydrogen (secondary N) is 1. The summed E-state index contributed by atoms with van der Waals surface area (Å²) in [7, 11) is 0. The van der Waals surface area contributed by atoms with Gasteiger partial charge in [0.05, 0.1) is 21.8 Å². The highest BCUT2D eigenvalue weighted by Gasteiger charge is 2.25. The summed E-state index contributed by atoms with van der Waals surface area (Å²) in [6.45, 7) is 9.02. The number of hydrogen-bond acceptors (Lipinski definition) is 4. The number of aromatic nitrogens is 1. The molecule has 2 atom stereocenters. The average Bonchev–Trinajstić information content (AvgIpc) is 3.04. The fraction of sp³-hybridized carbons (Fsp3) is 0.619. The van der Waals surface area contributed by atoms with Gasteiger partial charge < -0.3 is 5.32 Å². The molecule has 0 radical (unpaired) electrons. The minimum absolute atomic E-state index is 0.159. The lowest BCUT2D eigenvalue weighted by molar-refractivity contribution is -0.123. The normalized spacial score (nSPS) is 19.8. The van der Waals surface area contributed by atoms with Crippen molar-refractivity contribution in [2.24, 2.45) is 5.92 Å². The number of para-hydroxylation sites is 1. The molecule has 1 aliphatic heterocycles.